The smallest absolute Gasteiger partial charge is 0.336 e. The zero-order valence-corrected chi connectivity index (χ0v) is 20.0. The number of sulfonamides is 1. The van der Waals surface area contributed by atoms with Crippen LogP contribution in [0.15, 0.2) is 82.8 Å². The van der Waals surface area contributed by atoms with Crippen molar-refractivity contribution in [3.63, 3.8) is 0 Å². The Hall–Kier alpha value is -4.18. The van der Waals surface area contributed by atoms with Gasteiger partial charge in [-0.1, -0.05) is 48.0 Å². The molecule has 0 radical (unpaired) electrons. The van der Waals surface area contributed by atoms with E-state index >= 15 is 0 Å². The number of rotatable bonds is 10. The van der Waals surface area contributed by atoms with Crippen molar-refractivity contribution in [2.45, 2.75) is 18.7 Å². The molecule has 0 bridgehead atoms. The summed E-state index contributed by atoms with van der Waals surface area (Å²) in [4.78, 5) is 24.1. The van der Waals surface area contributed by atoms with E-state index in [0.29, 0.717) is 12.4 Å². The lowest BCUT2D eigenvalue weighted by Crippen LogP contribution is -2.39. The Balaban J connectivity index is 1.91. The molecular formula is C25H25N3O6S. The van der Waals surface area contributed by atoms with Crippen LogP contribution in [0.4, 0.5) is 5.69 Å². The van der Waals surface area contributed by atoms with Crippen molar-refractivity contribution in [2.75, 3.05) is 17.5 Å². The van der Waals surface area contributed by atoms with Crippen LogP contribution in [0.25, 0.3) is 0 Å². The summed E-state index contributed by atoms with van der Waals surface area (Å²) in [6, 6.07) is 19.0. The molecule has 0 aliphatic carbocycles. The van der Waals surface area contributed by atoms with Crippen molar-refractivity contribution < 1.29 is 27.9 Å². The minimum Gasteiger partial charge on any atom is -0.492 e. The fraction of sp³-hybridized carbons (Fsp3) is 0.160. The van der Waals surface area contributed by atoms with Crippen molar-refractivity contribution in [1.29, 1.82) is 0 Å². The Morgan fingerprint density at radius 1 is 1.03 bits per heavy atom. The van der Waals surface area contributed by atoms with Gasteiger partial charge in [0.2, 0.25) is 0 Å². The van der Waals surface area contributed by atoms with Crippen molar-refractivity contribution in [3.8, 4) is 5.75 Å². The summed E-state index contributed by atoms with van der Waals surface area (Å²) in [5.41, 5.74) is 3.66. The number of nitrogens with one attached hydrogen (secondary N) is 1. The second-order valence-electron chi connectivity index (χ2n) is 7.41. The highest BCUT2D eigenvalue weighted by Crippen LogP contribution is 2.32. The number of nitrogens with zero attached hydrogens (tertiary/aromatic N) is 2. The maximum atomic E-state index is 13.5. The molecule has 3 aromatic carbocycles. The lowest BCUT2D eigenvalue weighted by molar-refractivity contribution is -0.119. The predicted octanol–water partition coefficient (Wildman–Crippen LogP) is 3.44. The molecule has 0 spiro atoms. The molecule has 0 aliphatic heterocycles. The van der Waals surface area contributed by atoms with Crippen LogP contribution in [-0.2, 0) is 14.8 Å². The third kappa shape index (κ3) is 6.24. The minimum absolute atomic E-state index is 0.0136. The minimum atomic E-state index is -4.14. The molecule has 0 saturated carbocycles. The first-order chi connectivity index (χ1) is 16.7. The largest absolute Gasteiger partial charge is 0.492 e. The highest BCUT2D eigenvalue weighted by molar-refractivity contribution is 7.92. The van der Waals surface area contributed by atoms with Gasteiger partial charge in [-0.2, -0.15) is 5.10 Å². The third-order valence-electron chi connectivity index (χ3n) is 4.91. The summed E-state index contributed by atoms with van der Waals surface area (Å²) >= 11 is 0. The number of ether oxygens (including phenoxy) is 1. The number of hydrogen-bond acceptors (Lipinski definition) is 6. The summed E-state index contributed by atoms with van der Waals surface area (Å²) in [7, 11) is -4.14. The summed E-state index contributed by atoms with van der Waals surface area (Å²) in [5, 5.41) is 13.1. The maximum Gasteiger partial charge on any atom is 0.336 e. The molecule has 10 heteroatoms. The number of benzene rings is 3. The van der Waals surface area contributed by atoms with Crippen LogP contribution in [0.2, 0.25) is 0 Å². The molecule has 3 rings (SSSR count). The Bertz CT molecular complexity index is 1340. The van der Waals surface area contributed by atoms with Gasteiger partial charge >= 0.3 is 5.97 Å². The predicted molar refractivity (Wildman–Crippen MR) is 132 cm³/mol. The first kappa shape index (κ1) is 25.4. The van der Waals surface area contributed by atoms with Crippen LogP contribution in [0.3, 0.4) is 0 Å². The second kappa shape index (κ2) is 11.3. The van der Waals surface area contributed by atoms with E-state index in [9.17, 15) is 23.1 Å². The SMILES string of the molecule is CCOc1ccccc1N(CC(=O)N/N=C\c1ccccc1C(=O)O)S(=O)(=O)c1ccc(C)cc1. The van der Waals surface area contributed by atoms with Crippen molar-refractivity contribution in [2.24, 2.45) is 5.10 Å². The molecule has 3 aromatic rings. The average Bonchev–Trinajstić information content (AvgIpc) is 2.83. The molecule has 1 amide bonds. The number of para-hydroxylation sites is 2. The van der Waals surface area contributed by atoms with Crippen LogP contribution in [0.1, 0.15) is 28.4 Å². The topological polar surface area (TPSA) is 125 Å². The lowest BCUT2D eigenvalue weighted by atomic mass is 10.1. The molecule has 2 N–H and O–H groups in total. The molecule has 0 heterocycles. The number of aryl methyl sites for hydroxylation is 1. The highest BCUT2D eigenvalue weighted by atomic mass is 32.2. The van der Waals surface area contributed by atoms with Gasteiger partial charge in [0.05, 0.1) is 29.0 Å². The highest BCUT2D eigenvalue weighted by Gasteiger charge is 2.29. The van der Waals surface area contributed by atoms with Gasteiger partial charge in [0.15, 0.2) is 0 Å². The van der Waals surface area contributed by atoms with E-state index in [2.05, 4.69) is 10.5 Å². The van der Waals surface area contributed by atoms with Gasteiger partial charge in [-0.15, -0.1) is 0 Å². The molecule has 0 unspecified atom stereocenters. The molecule has 182 valence electrons. The first-order valence-corrected chi connectivity index (χ1v) is 12.1. The quantitative estimate of drug-likeness (QED) is 0.328. The zero-order chi connectivity index (χ0) is 25.4. The van der Waals surface area contributed by atoms with Crippen LogP contribution in [0.5, 0.6) is 5.75 Å². The third-order valence-corrected chi connectivity index (χ3v) is 6.69. The van der Waals surface area contributed by atoms with Crippen LogP contribution >= 0.6 is 0 Å². The zero-order valence-electron chi connectivity index (χ0n) is 19.2. The fourth-order valence-corrected chi connectivity index (χ4v) is 4.65. The Morgan fingerprint density at radius 3 is 2.37 bits per heavy atom. The van der Waals surface area contributed by atoms with Crippen LogP contribution in [-0.4, -0.2) is 44.8 Å². The summed E-state index contributed by atoms with van der Waals surface area (Å²) < 4.78 is 33.6. The van der Waals surface area contributed by atoms with Gasteiger partial charge in [0.25, 0.3) is 15.9 Å². The number of hydrazone groups is 1. The number of anilines is 1. The van der Waals surface area contributed by atoms with Gasteiger partial charge < -0.3 is 9.84 Å². The normalized spacial score (nSPS) is 11.3. The molecule has 0 fully saturated rings. The molecule has 0 atom stereocenters. The monoisotopic (exact) mass is 495 g/mol. The molecular weight excluding hydrogens is 470 g/mol. The molecule has 35 heavy (non-hydrogen) atoms. The van der Waals surface area contributed by atoms with Crippen molar-refractivity contribution in [1.82, 2.24) is 5.43 Å². The van der Waals surface area contributed by atoms with Gasteiger partial charge in [-0.05, 0) is 44.2 Å². The van der Waals surface area contributed by atoms with Crippen LogP contribution in [0, 0.1) is 6.92 Å². The number of carbonyl (C=O) groups excluding carboxylic acids is 1. The lowest BCUT2D eigenvalue weighted by Gasteiger charge is -2.25. The van der Waals surface area contributed by atoms with E-state index in [-0.39, 0.29) is 21.7 Å². The Labute approximate surface area is 203 Å². The van der Waals surface area contributed by atoms with Gasteiger partial charge in [0.1, 0.15) is 12.3 Å². The number of amides is 1. The number of carbonyl (C=O) groups is 2. The average molecular weight is 496 g/mol. The molecule has 0 saturated heterocycles. The van der Waals surface area contributed by atoms with Crippen molar-refractivity contribution in [3.05, 3.63) is 89.5 Å². The molecule has 0 aromatic heterocycles. The van der Waals surface area contributed by atoms with Crippen LogP contribution < -0.4 is 14.5 Å². The van der Waals surface area contributed by atoms with Gasteiger partial charge in [0, 0.05) is 5.56 Å². The standard InChI is InChI=1S/C25H25N3O6S/c1-3-34-23-11-7-6-10-22(23)28(35(32,33)20-14-12-18(2)13-15-20)17-24(29)27-26-16-19-8-4-5-9-21(19)25(30)31/h4-16H,3,17H2,1-2H3,(H,27,29)(H,30,31)/b26-16-. The van der Waals surface area contributed by atoms with E-state index in [4.69, 9.17) is 4.74 Å². The van der Waals surface area contributed by atoms with E-state index in [1.165, 1.54) is 30.5 Å². The molecule has 9 nitrogen and oxygen atoms in total. The van der Waals surface area contributed by atoms with Gasteiger partial charge in [-0.3, -0.25) is 9.10 Å². The van der Waals surface area contributed by atoms with E-state index in [1.54, 1.807) is 55.5 Å². The van der Waals surface area contributed by atoms with Gasteiger partial charge in [-0.25, -0.2) is 18.6 Å². The van der Waals surface area contributed by atoms with E-state index in [1.807, 2.05) is 6.92 Å². The maximum absolute atomic E-state index is 13.5. The Kier molecular flexibility index (Phi) is 8.21. The van der Waals surface area contributed by atoms with E-state index in [0.717, 1.165) is 9.87 Å². The summed E-state index contributed by atoms with van der Waals surface area (Å²) in [5.74, 6) is -1.56. The summed E-state index contributed by atoms with van der Waals surface area (Å²) in [6.45, 7) is 3.33. The number of carboxylic acid groups (broad SMARTS) is 1. The number of hydrogen-bond donors (Lipinski definition) is 2. The second-order valence-corrected chi connectivity index (χ2v) is 9.27. The fourth-order valence-electron chi connectivity index (χ4n) is 3.22. The number of aromatic carboxylic acids is 1. The summed E-state index contributed by atoms with van der Waals surface area (Å²) in [6.07, 6.45) is 1.19. The van der Waals surface area contributed by atoms with E-state index < -0.39 is 28.4 Å². The first-order valence-electron chi connectivity index (χ1n) is 10.7. The Morgan fingerprint density at radius 2 is 1.69 bits per heavy atom. The van der Waals surface area contributed by atoms with Crippen molar-refractivity contribution >= 4 is 33.8 Å². The number of carboxylic acids is 1. The molecule has 0 aliphatic rings.